The van der Waals surface area contributed by atoms with Gasteiger partial charge < -0.3 is 9.67 Å². The fraction of sp³-hybridized carbons (Fsp3) is 0.0968. The van der Waals surface area contributed by atoms with Crippen molar-refractivity contribution in [2.24, 2.45) is 0 Å². The molecule has 0 aliphatic carbocycles. The first-order valence-corrected chi connectivity index (χ1v) is 15.6. The number of nitrogens with zero attached hydrogens (tertiary/aromatic N) is 3. The van der Waals surface area contributed by atoms with Crippen LogP contribution in [0.4, 0.5) is 0 Å². The van der Waals surface area contributed by atoms with E-state index < -0.39 is 8.07 Å². The van der Waals surface area contributed by atoms with Gasteiger partial charge >= 0.3 is 0 Å². The predicted octanol–water partition coefficient (Wildman–Crippen LogP) is 6.96. The third-order valence-electron chi connectivity index (χ3n) is 6.63. The molecule has 1 N–H and O–H groups in total. The van der Waals surface area contributed by atoms with Crippen molar-refractivity contribution >= 4 is 35.1 Å². The average Bonchev–Trinajstić information content (AvgIpc) is 3.22. The van der Waals surface area contributed by atoms with Crippen molar-refractivity contribution in [3.63, 3.8) is 0 Å². The van der Waals surface area contributed by atoms with Gasteiger partial charge in [-0.05, 0) is 47.3 Å². The van der Waals surface area contributed by atoms with Crippen LogP contribution in [0.2, 0.25) is 19.6 Å². The summed E-state index contributed by atoms with van der Waals surface area (Å²) < 4.78 is 2.18. The van der Waals surface area contributed by atoms with Crippen molar-refractivity contribution in [3.8, 4) is 34.1 Å². The van der Waals surface area contributed by atoms with E-state index in [-0.39, 0.29) is 26.8 Å². The predicted molar refractivity (Wildman–Crippen MR) is 151 cm³/mol. The number of rotatable bonds is 4. The molecule has 0 atom stereocenters. The summed E-state index contributed by atoms with van der Waals surface area (Å²) in [7, 11) is -1.51. The first-order chi connectivity index (χ1) is 17.4. The molecule has 0 unspecified atom stereocenters. The van der Waals surface area contributed by atoms with Gasteiger partial charge in [0.1, 0.15) is 5.82 Å². The molecule has 3 aromatic carbocycles. The molecule has 0 bridgehead atoms. The molecule has 3 aromatic heterocycles. The Kier molecular flexibility index (Phi) is 6.61. The van der Waals surface area contributed by atoms with Crippen LogP contribution in [0.15, 0.2) is 97.2 Å². The van der Waals surface area contributed by atoms with Crippen molar-refractivity contribution in [1.29, 1.82) is 0 Å². The molecule has 0 spiro atoms. The average molecular weight is 680 g/mol. The van der Waals surface area contributed by atoms with Crippen LogP contribution in [0.5, 0.6) is 5.75 Å². The topological polar surface area (TPSA) is 50.9 Å². The standard InChI is InChI=1S/C31H26N3OSi.Pt/c1-36(2,3)22-15-17-28-25(20-22)24-16-14-21(23-9-4-5-12-30(23)35)19-29(24)34(28)31-13-8-11-27(33-31)26-10-6-7-18-32-26;/h4-18,20,35H,1-3H3;/q-1;. The Hall–Kier alpha value is -3.53. The van der Waals surface area contributed by atoms with E-state index in [1.165, 1.54) is 10.6 Å². The number of phenols is 1. The Morgan fingerprint density at radius 3 is 2.32 bits per heavy atom. The molecule has 0 aliphatic heterocycles. The minimum Gasteiger partial charge on any atom is -0.517 e. The maximum atomic E-state index is 10.5. The zero-order valence-electron chi connectivity index (χ0n) is 20.8. The molecule has 0 fully saturated rings. The molecule has 37 heavy (non-hydrogen) atoms. The normalized spacial score (nSPS) is 11.5. The zero-order chi connectivity index (χ0) is 24.9. The smallest absolute Gasteiger partial charge is 0.136 e. The quantitative estimate of drug-likeness (QED) is 0.162. The van der Waals surface area contributed by atoms with E-state index in [1.807, 2.05) is 60.7 Å². The van der Waals surface area contributed by atoms with Crippen LogP contribution >= 0.6 is 0 Å². The van der Waals surface area contributed by atoms with Crippen LogP contribution in [0, 0.1) is 6.07 Å². The number of benzene rings is 3. The van der Waals surface area contributed by atoms with Crippen molar-refractivity contribution in [2.45, 2.75) is 19.6 Å². The summed E-state index contributed by atoms with van der Waals surface area (Å²) >= 11 is 0. The summed E-state index contributed by atoms with van der Waals surface area (Å²) in [5, 5.41) is 14.2. The van der Waals surface area contributed by atoms with Crippen LogP contribution < -0.4 is 5.19 Å². The van der Waals surface area contributed by atoms with Gasteiger partial charge in [0.15, 0.2) is 0 Å². The molecular weight excluding hydrogens is 654 g/mol. The number of fused-ring (bicyclic) bond motifs is 3. The van der Waals surface area contributed by atoms with Gasteiger partial charge in [0.25, 0.3) is 0 Å². The summed E-state index contributed by atoms with van der Waals surface area (Å²) in [5.41, 5.74) is 5.27. The molecule has 6 aromatic rings. The van der Waals surface area contributed by atoms with Crippen molar-refractivity contribution < 1.29 is 26.2 Å². The first-order valence-electron chi connectivity index (χ1n) is 12.1. The third-order valence-corrected chi connectivity index (χ3v) is 8.67. The molecule has 3 heterocycles. The number of phenolic OH excluding ortho intramolecular Hbond substituents is 1. The Balaban J connectivity index is 0.00000280. The maximum absolute atomic E-state index is 10.5. The minimum absolute atomic E-state index is 0. The van der Waals surface area contributed by atoms with E-state index in [2.05, 4.69) is 59.5 Å². The van der Waals surface area contributed by atoms with Crippen LogP contribution in [-0.4, -0.2) is 27.7 Å². The molecule has 0 saturated heterocycles. The van der Waals surface area contributed by atoms with E-state index >= 15 is 0 Å². The van der Waals surface area contributed by atoms with Crippen molar-refractivity contribution in [3.05, 3.63) is 103 Å². The fourth-order valence-corrected chi connectivity index (χ4v) is 5.87. The van der Waals surface area contributed by atoms with E-state index in [4.69, 9.17) is 4.98 Å². The molecule has 6 rings (SSSR count). The Morgan fingerprint density at radius 1 is 0.784 bits per heavy atom. The monoisotopic (exact) mass is 679 g/mol. The van der Waals surface area contributed by atoms with E-state index in [9.17, 15) is 5.11 Å². The van der Waals surface area contributed by atoms with Crippen LogP contribution in [0.1, 0.15) is 0 Å². The number of aromatic hydroxyl groups is 1. The number of hydrogen-bond donors (Lipinski definition) is 1. The van der Waals surface area contributed by atoms with E-state index in [0.717, 1.165) is 44.8 Å². The second kappa shape index (κ2) is 9.73. The Labute approximate surface area is 231 Å². The molecule has 0 aliphatic rings. The Morgan fingerprint density at radius 2 is 1.57 bits per heavy atom. The number of aromatic nitrogens is 3. The maximum Gasteiger partial charge on any atom is 0.136 e. The van der Waals surface area contributed by atoms with Crippen LogP contribution in [0.3, 0.4) is 0 Å². The van der Waals surface area contributed by atoms with Crippen LogP contribution in [0.25, 0.3) is 50.1 Å². The largest absolute Gasteiger partial charge is 0.517 e. The molecular formula is C31H26N3OPtSi-. The van der Waals surface area contributed by atoms with Gasteiger partial charge in [0, 0.05) is 32.8 Å². The molecule has 4 nitrogen and oxygen atoms in total. The van der Waals surface area contributed by atoms with Gasteiger partial charge in [0.05, 0.1) is 25.2 Å². The second-order valence-electron chi connectivity index (χ2n) is 10.1. The summed E-state index contributed by atoms with van der Waals surface area (Å²) in [6.45, 7) is 7.11. The van der Waals surface area contributed by atoms with Gasteiger partial charge in [-0.2, -0.15) is 0 Å². The molecule has 0 radical (unpaired) electrons. The second-order valence-corrected chi connectivity index (χ2v) is 15.1. The summed E-state index contributed by atoms with van der Waals surface area (Å²) in [6.07, 6.45) is 1.79. The van der Waals surface area contributed by atoms with Crippen molar-refractivity contribution in [1.82, 2.24) is 14.5 Å². The van der Waals surface area contributed by atoms with Gasteiger partial charge in [-0.25, -0.2) is 4.98 Å². The van der Waals surface area contributed by atoms with Gasteiger partial charge in [-0.3, -0.25) is 4.98 Å². The van der Waals surface area contributed by atoms with Crippen molar-refractivity contribution in [2.75, 3.05) is 0 Å². The minimum atomic E-state index is -1.51. The van der Waals surface area contributed by atoms with E-state index in [0.29, 0.717) is 0 Å². The molecule has 6 heteroatoms. The first kappa shape index (κ1) is 25.1. The van der Waals surface area contributed by atoms with Crippen LogP contribution in [-0.2, 0) is 21.1 Å². The number of para-hydroxylation sites is 1. The van der Waals surface area contributed by atoms with Gasteiger partial charge in [0.2, 0.25) is 0 Å². The van der Waals surface area contributed by atoms with E-state index in [1.54, 1.807) is 12.3 Å². The van der Waals surface area contributed by atoms with Gasteiger partial charge in [-0.15, -0.1) is 23.8 Å². The fourth-order valence-electron chi connectivity index (χ4n) is 4.71. The summed E-state index contributed by atoms with van der Waals surface area (Å²) in [5.74, 6) is 1.05. The number of hydrogen-bond acceptors (Lipinski definition) is 3. The molecule has 0 amide bonds. The molecule has 186 valence electrons. The summed E-state index contributed by atoms with van der Waals surface area (Å²) in [6, 6.07) is 33.9. The summed E-state index contributed by atoms with van der Waals surface area (Å²) in [4.78, 5) is 9.51. The SMILES string of the molecule is C[Si](C)(C)c1ccc2c(c1)c1ccc(-c3ccccc3O)[c-]c1n2-c1cccc(-c2ccccn2)n1.[Pt]. The Bertz CT molecular complexity index is 1740. The molecule has 0 saturated carbocycles. The van der Waals surface area contributed by atoms with Gasteiger partial charge in [-0.1, -0.05) is 78.2 Å². The number of pyridine rings is 2. The zero-order valence-corrected chi connectivity index (χ0v) is 24.1. The third kappa shape index (κ3) is 4.54.